The molecule has 0 atom stereocenters. The number of nitrogens with one attached hydrogen (secondary N) is 1. The Labute approximate surface area is 107 Å². The van der Waals surface area contributed by atoms with Crippen LogP contribution in [0.5, 0.6) is 0 Å². The van der Waals surface area contributed by atoms with Crippen LogP contribution in [0.2, 0.25) is 0 Å². The molecule has 1 fully saturated rings. The number of anilines is 1. The van der Waals surface area contributed by atoms with E-state index in [1.165, 1.54) is 4.31 Å². The fourth-order valence-electron chi connectivity index (χ4n) is 1.99. The van der Waals surface area contributed by atoms with E-state index in [9.17, 15) is 8.42 Å². The molecule has 6 heteroatoms. The molecule has 0 aliphatic carbocycles. The minimum atomic E-state index is -3.33. The van der Waals surface area contributed by atoms with Crippen LogP contribution in [0, 0.1) is 11.3 Å². The van der Waals surface area contributed by atoms with E-state index >= 15 is 0 Å². The predicted molar refractivity (Wildman–Crippen MR) is 69.8 cm³/mol. The highest BCUT2D eigenvalue weighted by Crippen LogP contribution is 2.23. The quantitative estimate of drug-likeness (QED) is 0.810. The third-order valence-corrected chi connectivity index (χ3v) is 4.73. The molecule has 1 aromatic rings. The Balaban J connectivity index is 2.42. The fourth-order valence-corrected chi connectivity index (χ4v) is 3.55. The largest absolute Gasteiger partial charge is 0.315 e. The second kappa shape index (κ2) is 5.38. The Hall–Kier alpha value is -1.58. The van der Waals surface area contributed by atoms with Crippen LogP contribution in [0.3, 0.4) is 0 Å². The van der Waals surface area contributed by atoms with Gasteiger partial charge in [-0.1, -0.05) is 12.1 Å². The van der Waals surface area contributed by atoms with E-state index < -0.39 is 10.0 Å². The first-order valence-corrected chi connectivity index (χ1v) is 7.46. The summed E-state index contributed by atoms with van der Waals surface area (Å²) >= 11 is 0. The van der Waals surface area contributed by atoms with Gasteiger partial charge >= 0.3 is 0 Å². The predicted octanol–water partition coefficient (Wildman–Crippen LogP) is 0.688. The summed E-state index contributed by atoms with van der Waals surface area (Å²) in [7, 11) is -3.33. The molecule has 1 N–H and O–H groups in total. The molecule has 5 nitrogen and oxygen atoms in total. The summed E-state index contributed by atoms with van der Waals surface area (Å²) in [5.41, 5.74) is 0.866. The average Bonchev–Trinajstić information content (AvgIpc) is 2.35. The van der Waals surface area contributed by atoms with Crippen LogP contribution < -0.4 is 9.62 Å². The highest BCUT2D eigenvalue weighted by Gasteiger charge is 2.25. The molecule has 0 unspecified atom stereocenters. The summed E-state index contributed by atoms with van der Waals surface area (Å²) in [5.74, 6) is 0.111. The lowest BCUT2D eigenvalue weighted by atomic mass is 10.2. The Bertz CT molecular complexity index is 563. The van der Waals surface area contributed by atoms with E-state index in [1.807, 2.05) is 6.07 Å². The Morgan fingerprint density at radius 3 is 2.83 bits per heavy atom. The van der Waals surface area contributed by atoms with Crippen molar-refractivity contribution in [3.05, 3.63) is 29.8 Å². The van der Waals surface area contributed by atoms with E-state index in [0.29, 0.717) is 37.3 Å². The van der Waals surface area contributed by atoms with Crippen LogP contribution in [0.25, 0.3) is 0 Å². The van der Waals surface area contributed by atoms with Gasteiger partial charge in [-0.2, -0.15) is 5.26 Å². The van der Waals surface area contributed by atoms with E-state index in [-0.39, 0.29) is 5.75 Å². The van der Waals surface area contributed by atoms with E-state index in [1.54, 1.807) is 24.3 Å². The summed E-state index contributed by atoms with van der Waals surface area (Å²) in [6.45, 7) is 1.67. The molecule has 0 spiro atoms. The molecule has 1 aliphatic rings. The van der Waals surface area contributed by atoms with Crippen LogP contribution in [-0.2, 0) is 10.0 Å². The maximum atomic E-state index is 12.2. The molecule has 0 bridgehead atoms. The van der Waals surface area contributed by atoms with Crippen molar-refractivity contribution < 1.29 is 8.42 Å². The van der Waals surface area contributed by atoms with Crippen LogP contribution in [0.4, 0.5) is 5.69 Å². The van der Waals surface area contributed by atoms with Crippen LogP contribution in [0.1, 0.15) is 12.0 Å². The SMILES string of the molecule is N#Cc1ccccc1N1CCNCCCS1(=O)=O. The van der Waals surface area contributed by atoms with Crippen molar-refractivity contribution in [3.63, 3.8) is 0 Å². The van der Waals surface area contributed by atoms with E-state index in [0.717, 1.165) is 0 Å². The second-order valence-corrected chi connectivity index (χ2v) is 6.13. The molecule has 0 amide bonds. The van der Waals surface area contributed by atoms with E-state index in [4.69, 9.17) is 5.26 Å². The molecular formula is C12H15N3O2S. The molecule has 1 saturated heterocycles. The van der Waals surface area contributed by atoms with Crippen molar-refractivity contribution in [2.75, 3.05) is 29.7 Å². The molecule has 2 rings (SSSR count). The fraction of sp³-hybridized carbons (Fsp3) is 0.417. The smallest absolute Gasteiger partial charge is 0.235 e. The third-order valence-electron chi connectivity index (χ3n) is 2.88. The lowest BCUT2D eigenvalue weighted by Crippen LogP contribution is -2.42. The molecule has 1 aliphatic heterocycles. The van der Waals surface area contributed by atoms with Crippen LogP contribution in [0.15, 0.2) is 24.3 Å². The van der Waals surface area contributed by atoms with Gasteiger partial charge in [0.15, 0.2) is 0 Å². The first-order chi connectivity index (χ1) is 8.65. The number of hydrogen-bond donors (Lipinski definition) is 1. The Kier molecular flexibility index (Phi) is 3.84. The van der Waals surface area contributed by atoms with Crippen molar-refractivity contribution in [1.82, 2.24) is 5.32 Å². The minimum absolute atomic E-state index is 0.111. The number of rotatable bonds is 1. The van der Waals surface area contributed by atoms with Gasteiger partial charge in [-0.25, -0.2) is 8.42 Å². The molecule has 0 aromatic heterocycles. The molecule has 0 radical (unpaired) electrons. The second-order valence-electron chi connectivity index (χ2n) is 4.12. The maximum absolute atomic E-state index is 12.2. The normalized spacial score (nSPS) is 19.6. The molecule has 1 heterocycles. The molecule has 1 aromatic carbocycles. The number of benzene rings is 1. The zero-order valence-corrected chi connectivity index (χ0v) is 10.8. The summed E-state index contributed by atoms with van der Waals surface area (Å²) in [6.07, 6.45) is 0.591. The lowest BCUT2D eigenvalue weighted by Gasteiger charge is -2.27. The van der Waals surface area contributed by atoms with Gasteiger partial charge in [0.2, 0.25) is 10.0 Å². The zero-order valence-electron chi connectivity index (χ0n) is 9.96. The molecular weight excluding hydrogens is 250 g/mol. The van der Waals surface area contributed by atoms with Gasteiger partial charge in [0, 0.05) is 13.1 Å². The summed E-state index contributed by atoms with van der Waals surface area (Å²) < 4.78 is 25.8. The van der Waals surface area contributed by atoms with Crippen molar-refractivity contribution >= 4 is 15.7 Å². The van der Waals surface area contributed by atoms with Crippen molar-refractivity contribution in [1.29, 1.82) is 5.26 Å². The first kappa shape index (κ1) is 12.9. The van der Waals surface area contributed by atoms with Crippen LogP contribution >= 0.6 is 0 Å². The average molecular weight is 265 g/mol. The van der Waals surface area contributed by atoms with Gasteiger partial charge in [0.05, 0.1) is 17.0 Å². The Morgan fingerprint density at radius 1 is 1.28 bits per heavy atom. The summed E-state index contributed by atoms with van der Waals surface area (Å²) in [4.78, 5) is 0. The van der Waals surface area contributed by atoms with Crippen LogP contribution in [-0.4, -0.2) is 33.8 Å². The van der Waals surface area contributed by atoms with Gasteiger partial charge in [-0.15, -0.1) is 0 Å². The molecule has 96 valence electrons. The van der Waals surface area contributed by atoms with Gasteiger partial charge in [0.1, 0.15) is 6.07 Å². The number of nitrogens with zero attached hydrogens (tertiary/aromatic N) is 2. The number of sulfonamides is 1. The topological polar surface area (TPSA) is 73.2 Å². The molecule has 18 heavy (non-hydrogen) atoms. The summed E-state index contributed by atoms with van der Waals surface area (Å²) in [6, 6.07) is 8.84. The van der Waals surface area contributed by atoms with E-state index in [2.05, 4.69) is 5.32 Å². The summed E-state index contributed by atoms with van der Waals surface area (Å²) in [5, 5.41) is 12.2. The van der Waals surface area contributed by atoms with Crippen molar-refractivity contribution in [2.45, 2.75) is 6.42 Å². The third kappa shape index (κ3) is 2.63. The minimum Gasteiger partial charge on any atom is -0.315 e. The van der Waals surface area contributed by atoms with Gasteiger partial charge in [-0.3, -0.25) is 4.31 Å². The number of nitriles is 1. The maximum Gasteiger partial charge on any atom is 0.235 e. The van der Waals surface area contributed by atoms with Gasteiger partial charge in [0.25, 0.3) is 0 Å². The van der Waals surface area contributed by atoms with Crippen molar-refractivity contribution in [2.24, 2.45) is 0 Å². The van der Waals surface area contributed by atoms with Gasteiger partial charge < -0.3 is 5.32 Å². The highest BCUT2D eigenvalue weighted by molar-refractivity contribution is 7.92. The first-order valence-electron chi connectivity index (χ1n) is 5.85. The highest BCUT2D eigenvalue weighted by atomic mass is 32.2. The van der Waals surface area contributed by atoms with Crippen molar-refractivity contribution in [3.8, 4) is 6.07 Å². The molecule has 0 saturated carbocycles. The monoisotopic (exact) mass is 265 g/mol. The standard InChI is InChI=1S/C12H15N3O2S/c13-10-11-4-1-2-5-12(11)15-8-7-14-6-3-9-18(15,16)17/h1-2,4-5,14H,3,6-9H2. The van der Waals surface area contributed by atoms with Gasteiger partial charge in [-0.05, 0) is 25.1 Å². The Morgan fingerprint density at radius 2 is 2.06 bits per heavy atom. The number of hydrogen-bond acceptors (Lipinski definition) is 4. The number of para-hydroxylation sites is 1. The lowest BCUT2D eigenvalue weighted by molar-refractivity contribution is 0.572. The zero-order chi connectivity index (χ0) is 13.0.